The molecule has 0 aliphatic heterocycles. The second kappa shape index (κ2) is 13.2. The minimum atomic E-state index is -1.66. The van der Waals surface area contributed by atoms with Crippen molar-refractivity contribution in [3.05, 3.63) is 78.9 Å². The molecule has 0 fully saturated rings. The molecule has 5 heteroatoms. The molecule has 3 rings (SSSR count). The molecule has 0 atom stereocenters. The van der Waals surface area contributed by atoms with Crippen molar-refractivity contribution in [3.63, 3.8) is 0 Å². The maximum absolute atomic E-state index is 6.16. The molecule has 31 heavy (non-hydrogen) atoms. The zero-order chi connectivity index (χ0) is 21.7. The summed E-state index contributed by atoms with van der Waals surface area (Å²) in [7, 11) is 0. The fraction of sp³-hybridized carbons (Fsp3) is 0.308. The minimum absolute atomic E-state index is 0.533. The SMILES string of the molecule is CCOCCOc1ccccc1[Se+](c1ccccc1)c1ccccc1OCCOCC. The molecule has 0 unspecified atom stereocenters. The molecule has 0 spiro atoms. The van der Waals surface area contributed by atoms with Crippen LogP contribution < -0.4 is 22.9 Å². The molecule has 3 aromatic carbocycles. The Morgan fingerprint density at radius 3 is 1.48 bits per heavy atom. The first-order valence-electron chi connectivity index (χ1n) is 10.7. The van der Waals surface area contributed by atoms with Crippen LogP contribution >= 0.6 is 0 Å². The van der Waals surface area contributed by atoms with Gasteiger partial charge in [-0.2, -0.15) is 0 Å². The summed E-state index contributed by atoms with van der Waals surface area (Å²) in [5, 5.41) is 0. The van der Waals surface area contributed by atoms with Gasteiger partial charge in [0.05, 0.1) is 0 Å². The summed E-state index contributed by atoms with van der Waals surface area (Å²) in [6, 6.07) is 27.4. The van der Waals surface area contributed by atoms with E-state index in [1.165, 1.54) is 13.4 Å². The van der Waals surface area contributed by atoms with Gasteiger partial charge in [-0.25, -0.2) is 0 Å². The van der Waals surface area contributed by atoms with Gasteiger partial charge >= 0.3 is 190 Å². The summed E-state index contributed by atoms with van der Waals surface area (Å²) in [6.45, 7) is 7.60. The van der Waals surface area contributed by atoms with E-state index in [1.807, 2.05) is 26.0 Å². The molecule has 0 heterocycles. The van der Waals surface area contributed by atoms with Crippen molar-refractivity contribution in [3.8, 4) is 11.5 Å². The third kappa shape index (κ3) is 6.84. The van der Waals surface area contributed by atoms with Gasteiger partial charge in [0.15, 0.2) is 0 Å². The van der Waals surface area contributed by atoms with Crippen LogP contribution in [0.25, 0.3) is 0 Å². The monoisotopic (exact) mass is 487 g/mol. The Labute approximate surface area is 190 Å². The molecule has 0 aliphatic carbocycles. The van der Waals surface area contributed by atoms with Crippen LogP contribution in [0, 0.1) is 0 Å². The first kappa shape index (κ1) is 23.4. The number of hydrogen-bond donors (Lipinski definition) is 0. The first-order chi connectivity index (χ1) is 15.3. The topological polar surface area (TPSA) is 36.9 Å². The third-order valence-electron chi connectivity index (χ3n) is 4.50. The molecule has 0 saturated carbocycles. The molecule has 0 N–H and O–H groups in total. The van der Waals surface area contributed by atoms with Crippen molar-refractivity contribution in [2.24, 2.45) is 0 Å². The van der Waals surface area contributed by atoms with Crippen LogP contribution in [0.1, 0.15) is 13.8 Å². The predicted octanol–water partition coefficient (Wildman–Crippen LogP) is 3.03. The standard InChI is InChI=1S/C26H31O4Se/c1-3-27-18-20-29-23-14-8-10-16-25(23)31(22-12-6-5-7-13-22)26-17-11-9-15-24(26)30-21-19-28-4-2/h5-17H,3-4,18-21H2,1-2H3/q+1. The number of para-hydroxylation sites is 2. The number of rotatable bonds is 13. The number of ether oxygens (including phenoxy) is 4. The van der Waals surface area contributed by atoms with Gasteiger partial charge in [-0.05, 0) is 0 Å². The van der Waals surface area contributed by atoms with Gasteiger partial charge in [-0.3, -0.25) is 0 Å². The van der Waals surface area contributed by atoms with E-state index in [2.05, 4.69) is 66.7 Å². The van der Waals surface area contributed by atoms with Crippen molar-refractivity contribution in [1.29, 1.82) is 0 Å². The van der Waals surface area contributed by atoms with Crippen molar-refractivity contribution < 1.29 is 18.9 Å². The van der Waals surface area contributed by atoms with Crippen LogP contribution in [-0.2, 0) is 9.47 Å². The Balaban J connectivity index is 1.97. The van der Waals surface area contributed by atoms with E-state index in [0.717, 1.165) is 11.5 Å². The van der Waals surface area contributed by atoms with Gasteiger partial charge in [0.1, 0.15) is 0 Å². The van der Waals surface area contributed by atoms with Gasteiger partial charge in [0.25, 0.3) is 0 Å². The maximum atomic E-state index is 6.16. The Bertz CT molecular complexity index is 845. The fourth-order valence-corrected chi connectivity index (χ4v) is 7.86. The number of hydrogen-bond acceptors (Lipinski definition) is 4. The normalized spacial score (nSPS) is 10.9. The van der Waals surface area contributed by atoms with Gasteiger partial charge < -0.3 is 0 Å². The molecule has 0 aromatic heterocycles. The molecule has 0 bridgehead atoms. The average Bonchev–Trinajstić information content (AvgIpc) is 2.82. The van der Waals surface area contributed by atoms with Crippen molar-refractivity contribution >= 4 is 27.3 Å². The van der Waals surface area contributed by atoms with Gasteiger partial charge in [-0.1, -0.05) is 0 Å². The van der Waals surface area contributed by atoms with E-state index in [0.29, 0.717) is 39.6 Å². The van der Waals surface area contributed by atoms with Crippen LogP contribution in [0.3, 0.4) is 0 Å². The zero-order valence-corrected chi connectivity index (χ0v) is 20.0. The van der Waals surface area contributed by atoms with Crippen molar-refractivity contribution in [1.82, 2.24) is 0 Å². The van der Waals surface area contributed by atoms with E-state index >= 15 is 0 Å². The van der Waals surface area contributed by atoms with Crippen molar-refractivity contribution in [2.75, 3.05) is 39.6 Å². The van der Waals surface area contributed by atoms with Crippen LogP contribution in [0.5, 0.6) is 11.5 Å². The molecule has 0 radical (unpaired) electrons. The molecule has 0 aliphatic rings. The molecule has 0 amide bonds. The molecular weight excluding hydrogens is 455 g/mol. The second-order valence-corrected chi connectivity index (χ2v) is 10.7. The third-order valence-corrected chi connectivity index (χ3v) is 9.32. The summed E-state index contributed by atoms with van der Waals surface area (Å²) in [6.07, 6.45) is 0. The summed E-state index contributed by atoms with van der Waals surface area (Å²) >= 11 is -1.66. The van der Waals surface area contributed by atoms with Gasteiger partial charge in [0, 0.05) is 0 Å². The van der Waals surface area contributed by atoms with Crippen LogP contribution in [-0.4, -0.2) is 53.5 Å². The van der Waals surface area contributed by atoms with Crippen LogP contribution in [0.15, 0.2) is 78.9 Å². The van der Waals surface area contributed by atoms with E-state index in [1.54, 1.807) is 0 Å². The Kier molecular flexibility index (Phi) is 9.94. The summed E-state index contributed by atoms with van der Waals surface area (Å²) in [5.74, 6) is 1.83. The van der Waals surface area contributed by atoms with Crippen LogP contribution in [0.2, 0.25) is 0 Å². The molecule has 4 nitrogen and oxygen atoms in total. The molecule has 164 valence electrons. The average molecular weight is 486 g/mol. The second-order valence-electron chi connectivity index (χ2n) is 6.60. The molecule has 0 saturated heterocycles. The summed E-state index contributed by atoms with van der Waals surface area (Å²) in [5.41, 5.74) is 0. The summed E-state index contributed by atoms with van der Waals surface area (Å²) < 4.78 is 27.0. The van der Waals surface area contributed by atoms with Gasteiger partial charge in [-0.15, -0.1) is 0 Å². The predicted molar refractivity (Wildman–Crippen MR) is 128 cm³/mol. The molecule has 3 aromatic rings. The van der Waals surface area contributed by atoms with E-state index < -0.39 is 13.9 Å². The number of benzene rings is 3. The van der Waals surface area contributed by atoms with E-state index in [4.69, 9.17) is 18.9 Å². The Morgan fingerprint density at radius 1 is 0.548 bits per heavy atom. The van der Waals surface area contributed by atoms with Gasteiger partial charge in [0.2, 0.25) is 0 Å². The Morgan fingerprint density at radius 2 is 1.00 bits per heavy atom. The van der Waals surface area contributed by atoms with E-state index in [9.17, 15) is 0 Å². The first-order valence-corrected chi connectivity index (χ1v) is 13.3. The molecular formula is C26H31O4Se+. The quantitative estimate of drug-likeness (QED) is 0.275. The Hall–Kier alpha value is -2.30. The zero-order valence-electron chi connectivity index (χ0n) is 18.3. The summed E-state index contributed by atoms with van der Waals surface area (Å²) in [4.78, 5) is 0. The van der Waals surface area contributed by atoms with Crippen molar-refractivity contribution in [2.45, 2.75) is 13.8 Å². The van der Waals surface area contributed by atoms with E-state index in [-0.39, 0.29) is 0 Å². The fourth-order valence-electron chi connectivity index (χ4n) is 3.11. The van der Waals surface area contributed by atoms with Crippen LogP contribution in [0.4, 0.5) is 0 Å².